The van der Waals surface area contributed by atoms with Crippen molar-refractivity contribution in [3.05, 3.63) is 69.7 Å². The minimum atomic E-state index is -1.16. The van der Waals surface area contributed by atoms with Gasteiger partial charge in [-0.15, -0.1) is 0 Å². The van der Waals surface area contributed by atoms with Gasteiger partial charge in [0.05, 0.1) is 10.6 Å². The monoisotopic (exact) mass is 360 g/mol. The number of carboxylic acid groups (broad SMARTS) is 1. The molecular weight excluding hydrogens is 344 g/mol. The van der Waals surface area contributed by atoms with Crippen molar-refractivity contribution in [2.75, 3.05) is 6.54 Å². The number of hydrogen-bond donors (Lipinski definition) is 3. The number of amides is 2. The molecule has 0 spiro atoms. The minimum Gasteiger partial charge on any atom is -0.480 e. The molecule has 2 aromatic rings. The summed E-state index contributed by atoms with van der Waals surface area (Å²) in [5, 5.41) is 13.6. The van der Waals surface area contributed by atoms with Crippen LogP contribution in [0.25, 0.3) is 0 Å². The van der Waals surface area contributed by atoms with Crippen molar-refractivity contribution in [1.29, 1.82) is 0 Å². The molecule has 0 aliphatic rings. The van der Waals surface area contributed by atoms with E-state index in [1.165, 1.54) is 18.2 Å². The van der Waals surface area contributed by atoms with Gasteiger partial charge in [0.25, 0.3) is 11.8 Å². The highest BCUT2D eigenvalue weighted by atomic mass is 35.5. The Labute approximate surface area is 149 Å². The van der Waals surface area contributed by atoms with E-state index >= 15 is 0 Å². The molecule has 0 radical (unpaired) electrons. The number of hydrogen-bond acceptors (Lipinski definition) is 3. The average molecular weight is 361 g/mol. The van der Waals surface area contributed by atoms with Crippen molar-refractivity contribution < 1.29 is 19.5 Å². The first kappa shape index (κ1) is 18.5. The van der Waals surface area contributed by atoms with E-state index in [-0.39, 0.29) is 16.5 Å². The summed E-state index contributed by atoms with van der Waals surface area (Å²) in [4.78, 5) is 34.5. The first-order chi connectivity index (χ1) is 11.9. The molecule has 0 atom stereocenters. The highest BCUT2D eigenvalue weighted by molar-refractivity contribution is 6.34. The Hall–Kier alpha value is -2.86. The molecule has 3 N–H and O–H groups in total. The Balaban J connectivity index is 2.02. The molecule has 7 heteroatoms. The van der Waals surface area contributed by atoms with E-state index in [1.54, 1.807) is 0 Å². The molecule has 0 fully saturated rings. The second kappa shape index (κ2) is 8.30. The molecule has 2 amide bonds. The van der Waals surface area contributed by atoms with Gasteiger partial charge in [0, 0.05) is 12.1 Å². The van der Waals surface area contributed by atoms with Crippen LogP contribution in [-0.4, -0.2) is 29.4 Å². The molecule has 130 valence electrons. The third-order valence-electron chi connectivity index (χ3n) is 3.41. The zero-order valence-corrected chi connectivity index (χ0v) is 14.3. The van der Waals surface area contributed by atoms with Crippen molar-refractivity contribution in [2.24, 2.45) is 0 Å². The van der Waals surface area contributed by atoms with Gasteiger partial charge in [-0.25, -0.2) is 0 Å². The third-order valence-corrected chi connectivity index (χ3v) is 3.72. The van der Waals surface area contributed by atoms with Crippen LogP contribution in [0.3, 0.4) is 0 Å². The quantitative estimate of drug-likeness (QED) is 0.737. The Bertz CT molecular complexity index is 820. The van der Waals surface area contributed by atoms with E-state index < -0.39 is 18.4 Å². The summed E-state index contributed by atoms with van der Waals surface area (Å²) < 4.78 is 0. The van der Waals surface area contributed by atoms with E-state index in [0.29, 0.717) is 12.1 Å². The van der Waals surface area contributed by atoms with Gasteiger partial charge in [0.2, 0.25) is 0 Å². The lowest BCUT2D eigenvalue weighted by Gasteiger charge is -2.09. The number of aliphatic carboxylic acids is 1. The number of halogens is 1. The van der Waals surface area contributed by atoms with E-state index in [4.69, 9.17) is 16.7 Å². The van der Waals surface area contributed by atoms with Crippen LogP contribution >= 0.6 is 11.6 Å². The van der Waals surface area contributed by atoms with Gasteiger partial charge in [0.15, 0.2) is 0 Å². The van der Waals surface area contributed by atoms with Gasteiger partial charge in [-0.05, 0) is 30.7 Å². The second-order valence-electron chi connectivity index (χ2n) is 5.44. The van der Waals surface area contributed by atoms with Crippen molar-refractivity contribution in [3.8, 4) is 0 Å². The molecule has 2 rings (SSSR count). The van der Waals surface area contributed by atoms with Gasteiger partial charge >= 0.3 is 5.97 Å². The van der Waals surface area contributed by atoms with E-state index in [9.17, 15) is 14.4 Å². The zero-order chi connectivity index (χ0) is 18.4. The highest BCUT2D eigenvalue weighted by Crippen LogP contribution is 2.18. The number of rotatable bonds is 6. The van der Waals surface area contributed by atoms with Gasteiger partial charge in [0.1, 0.15) is 6.54 Å². The third kappa shape index (κ3) is 5.32. The lowest BCUT2D eigenvalue weighted by molar-refractivity contribution is -0.135. The second-order valence-corrected chi connectivity index (χ2v) is 5.85. The van der Waals surface area contributed by atoms with Crippen LogP contribution in [0.5, 0.6) is 0 Å². The predicted octanol–water partition coefficient (Wildman–Crippen LogP) is 2.39. The van der Waals surface area contributed by atoms with E-state index in [1.807, 2.05) is 31.2 Å². The molecule has 0 aliphatic heterocycles. The Kier molecular flexibility index (Phi) is 6.14. The summed E-state index contributed by atoms with van der Waals surface area (Å²) in [6.45, 7) is 1.84. The summed E-state index contributed by atoms with van der Waals surface area (Å²) in [5.74, 6) is -2.09. The molecule has 2 aromatic carbocycles. The number of carboxylic acids is 1. The summed E-state index contributed by atoms with van der Waals surface area (Å²) in [6, 6.07) is 12.0. The maximum Gasteiger partial charge on any atom is 0.322 e. The lowest BCUT2D eigenvalue weighted by Crippen LogP contribution is -2.29. The molecule has 25 heavy (non-hydrogen) atoms. The van der Waals surface area contributed by atoms with Crippen LogP contribution in [-0.2, 0) is 11.3 Å². The first-order valence-electron chi connectivity index (χ1n) is 7.50. The Morgan fingerprint density at radius 2 is 1.80 bits per heavy atom. The predicted molar refractivity (Wildman–Crippen MR) is 93.8 cm³/mol. The maximum atomic E-state index is 12.2. The highest BCUT2D eigenvalue weighted by Gasteiger charge is 2.14. The van der Waals surface area contributed by atoms with Gasteiger partial charge in [-0.3, -0.25) is 14.4 Å². The summed E-state index contributed by atoms with van der Waals surface area (Å²) in [6.07, 6.45) is 0. The summed E-state index contributed by atoms with van der Waals surface area (Å²) in [7, 11) is 0. The van der Waals surface area contributed by atoms with Crippen LogP contribution in [0.15, 0.2) is 42.5 Å². The summed E-state index contributed by atoms with van der Waals surface area (Å²) in [5.41, 5.74) is 2.50. The SMILES string of the molecule is Cc1cccc(CNC(=O)c2ccc(C(=O)NCC(=O)O)c(Cl)c2)c1. The number of carbonyl (C=O) groups is 3. The molecule has 0 aliphatic carbocycles. The molecule has 0 aromatic heterocycles. The lowest BCUT2D eigenvalue weighted by atomic mass is 10.1. The van der Waals surface area contributed by atoms with Crippen molar-refractivity contribution in [2.45, 2.75) is 13.5 Å². The van der Waals surface area contributed by atoms with Crippen molar-refractivity contribution >= 4 is 29.4 Å². The molecule has 0 bridgehead atoms. The number of nitrogens with one attached hydrogen (secondary N) is 2. The van der Waals surface area contributed by atoms with Crippen LogP contribution in [0.4, 0.5) is 0 Å². The van der Waals surface area contributed by atoms with E-state index in [2.05, 4.69) is 10.6 Å². The summed E-state index contributed by atoms with van der Waals surface area (Å²) >= 11 is 6.03. The molecule has 6 nitrogen and oxygen atoms in total. The number of benzene rings is 2. The molecule has 0 saturated carbocycles. The average Bonchev–Trinajstić information content (AvgIpc) is 2.57. The Morgan fingerprint density at radius 3 is 2.44 bits per heavy atom. The molecule has 0 unspecified atom stereocenters. The normalized spacial score (nSPS) is 10.2. The number of aryl methyl sites for hydroxylation is 1. The molecule has 0 heterocycles. The Morgan fingerprint density at radius 1 is 1.04 bits per heavy atom. The fourth-order valence-corrected chi connectivity index (χ4v) is 2.46. The van der Waals surface area contributed by atoms with Gasteiger partial charge in [-0.2, -0.15) is 0 Å². The molecule has 0 saturated heterocycles. The first-order valence-corrected chi connectivity index (χ1v) is 7.88. The number of carbonyl (C=O) groups excluding carboxylic acids is 2. The fourth-order valence-electron chi connectivity index (χ4n) is 2.20. The van der Waals surface area contributed by atoms with Crippen LogP contribution in [0.2, 0.25) is 5.02 Å². The fraction of sp³-hybridized carbons (Fsp3) is 0.167. The van der Waals surface area contributed by atoms with Gasteiger partial charge in [-0.1, -0.05) is 41.4 Å². The zero-order valence-electron chi connectivity index (χ0n) is 13.5. The largest absolute Gasteiger partial charge is 0.480 e. The van der Waals surface area contributed by atoms with Crippen molar-refractivity contribution in [3.63, 3.8) is 0 Å². The molecular formula is C18H17ClN2O4. The van der Waals surface area contributed by atoms with Crippen molar-refractivity contribution in [1.82, 2.24) is 10.6 Å². The smallest absolute Gasteiger partial charge is 0.322 e. The van der Waals surface area contributed by atoms with Crippen LogP contribution in [0.1, 0.15) is 31.8 Å². The van der Waals surface area contributed by atoms with Crippen LogP contribution in [0, 0.1) is 6.92 Å². The van der Waals surface area contributed by atoms with Crippen LogP contribution < -0.4 is 10.6 Å². The maximum absolute atomic E-state index is 12.2. The topological polar surface area (TPSA) is 95.5 Å². The van der Waals surface area contributed by atoms with E-state index in [0.717, 1.165) is 11.1 Å². The van der Waals surface area contributed by atoms with Gasteiger partial charge < -0.3 is 15.7 Å². The standard InChI is InChI=1S/C18H17ClN2O4/c1-11-3-2-4-12(7-11)9-20-17(24)13-5-6-14(15(19)8-13)18(25)21-10-16(22)23/h2-8H,9-10H2,1H3,(H,20,24)(H,21,25)(H,22,23). The minimum absolute atomic E-state index is 0.0751.